The molecule has 0 unspecified atom stereocenters. The highest BCUT2D eigenvalue weighted by atomic mass is 19.3. The second kappa shape index (κ2) is 6.08. The minimum atomic E-state index is -2.76. The molecule has 2 aliphatic carbocycles. The van der Waals surface area contributed by atoms with Crippen molar-refractivity contribution in [3.8, 4) is 0 Å². The normalized spacial score (nSPS) is 19.7. The number of alkyl halides is 2. The van der Waals surface area contributed by atoms with E-state index in [0.29, 0.717) is 17.8 Å². The molecule has 0 radical (unpaired) electrons. The lowest BCUT2D eigenvalue weighted by Gasteiger charge is -2.20. The van der Waals surface area contributed by atoms with Gasteiger partial charge in [-0.1, -0.05) is 18.2 Å². The zero-order chi connectivity index (χ0) is 20.4. The van der Waals surface area contributed by atoms with E-state index in [4.69, 9.17) is 0 Å². The quantitative estimate of drug-likeness (QED) is 0.705. The molecule has 0 aliphatic heterocycles. The summed E-state index contributed by atoms with van der Waals surface area (Å²) in [5.74, 6) is -2.16. The fourth-order valence-electron chi connectivity index (χ4n) is 4.32. The van der Waals surface area contributed by atoms with Gasteiger partial charge in [-0.25, -0.2) is 18.7 Å². The number of anilines is 1. The number of hydrogen-bond acceptors (Lipinski definition) is 4. The Bertz CT molecular complexity index is 1180. The van der Waals surface area contributed by atoms with Crippen molar-refractivity contribution in [3.05, 3.63) is 63.8 Å². The number of nitrogens with one attached hydrogen (secondary N) is 1. The van der Waals surface area contributed by atoms with Gasteiger partial charge in [0.05, 0.1) is 16.9 Å². The van der Waals surface area contributed by atoms with Crippen LogP contribution in [0.15, 0.2) is 41.6 Å². The molecule has 2 heterocycles. The van der Waals surface area contributed by atoms with E-state index in [1.165, 1.54) is 18.5 Å². The summed E-state index contributed by atoms with van der Waals surface area (Å²) in [7, 11) is 0. The summed E-state index contributed by atoms with van der Waals surface area (Å²) in [5, 5.41) is 4.12. The minimum Gasteiger partial charge on any atom is -0.363 e. The van der Waals surface area contributed by atoms with Gasteiger partial charge in [0, 0.05) is 29.8 Å². The molecule has 1 aromatic carbocycles. The molecule has 2 aliphatic rings. The fourth-order valence-corrected chi connectivity index (χ4v) is 4.32. The van der Waals surface area contributed by atoms with Gasteiger partial charge in [0.15, 0.2) is 0 Å². The first-order valence-corrected chi connectivity index (χ1v) is 9.93. The van der Waals surface area contributed by atoms with Gasteiger partial charge < -0.3 is 9.88 Å². The lowest BCUT2D eigenvalue weighted by Crippen LogP contribution is -2.27. The van der Waals surface area contributed by atoms with E-state index in [2.05, 4.69) is 22.2 Å². The van der Waals surface area contributed by atoms with Crippen LogP contribution in [0, 0.1) is 0 Å². The highest BCUT2D eigenvalue weighted by molar-refractivity contribution is 5.88. The van der Waals surface area contributed by atoms with Crippen molar-refractivity contribution in [1.82, 2.24) is 14.5 Å². The number of rotatable bonds is 4. The highest BCUT2D eigenvalue weighted by Gasteiger charge is 2.41. The van der Waals surface area contributed by atoms with E-state index < -0.39 is 5.92 Å². The van der Waals surface area contributed by atoms with Crippen molar-refractivity contribution < 1.29 is 8.78 Å². The number of aromatic nitrogens is 3. The molecule has 1 saturated carbocycles. The Hall–Kier alpha value is -2.83. The number of fused-ring (bicyclic) bond motifs is 2. The highest BCUT2D eigenvalue weighted by Crippen LogP contribution is 2.44. The number of benzene rings is 1. The van der Waals surface area contributed by atoms with E-state index in [9.17, 15) is 13.6 Å². The second-order valence-electron chi connectivity index (χ2n) is 8.44. The molecule has 7 heteroatoms. The Morgan fingerprint density at radius 2 is 2.00 bits per heavy atom. The van der Waals surface area contributed by atoms with E-state index in [-0.39, 0.29) is 29.1 Å². The van der Waals surface area contributed by atoms with Gasteiger partial charge in [0.1, 0.15) is 12.1 Å². The largest absolute Gasteiger partial charge is 0.363 e. The Morgan fingerprint density at radius 1 is 1.21 bits per heavy atom. The van der Waals surface area contributed by atoms with Gasteiger partial charge in [-0.3, -0.25) is 4.79 Å². The van der Waals surface area contributed by atoms with Gasteiger partial charge in [-0.15, -0.1) is 0 Å². The molecule has 2 aromatic heterocycles. The molecule has 29 heavy (non-hydrogen) atoms. The molecule has 0 spiro atoms. The zero-order valence-electron chi connectivity index (χ0n) is 16.4. The van der Waals surface area contributed by atoms with E-state index in [1.807, 2.05) is 19.2 Å². The summed E-state index contributed by atoms with van der Waals surface area (Å²) in [5.41, 5.74) is 2.07. The van der Waals surface area contributed by atoms with E-state index in [0.717, 1.165) is 29.4 Å². The molecule has 1 N–H and O–H groups in total. The second-order valence-corrected chi connectivity index (χ2v) is 8.44. The molecular weight excluding hydrogens is 374 g/mol. The van der Waals surface area contributed by atoms with Crippen molar-refractivity contribution in [2.45, 2.75) is 57.0 Å². The first kappa shape index (κ1) is 18.2. The molecule has 0 amide bonds. The van der Waals surface area contributed by atoms with Gasteiger partial charge >= 0.3 is 0 Å². The van der Waals surface area contributed by atoms with Crippen LogP contribution in [-0.4, -0.2) is 14.5 Å². The summed E-state index contributed by atoms with van der Waals surface area (Å²) in [6, 6.07) is 6.43. The maximum absolute atomic E-state index is 14.1. The number of nitrogens with zero attached hydrogens (tertiary/aromatic N) is 3. The predicted molar refractivity (Wildman–Crippen MR) is 107 cm³/mol. The zero-order valence-corrected chi connectivity index (χ0v) is 16.4. The van der Waals surface area contributed by atoms with Gasteiger partial charge in [-0.05, 0) is 44.2 Å². The average Bonchev–Trinajstić information content (AvgIpc) is 3.35. The maximum atomic E-state index is 14.1. The number of pyridine rings is 1. The van der Waals surface area contributed by atoms with Crippen LogP contribution in [0.1, 0.15) is 55.8 Å². The van der Waals surface area contributed by atoms with Crippen LogP contribution in [0.4, 0.5) is 14.6 Å². The summed E-state index contributed by atoms with van der Waals surface area (Å²) in [6.07, 6.45) is 5.40. The molecule has 1 atom stereocenters. The van der Waals surface area contributed by atoms with Crippen molar-refractivity contribution >= 4 is 16.7 Å². The van der Waals surface area contributed by atoms with Crippen molar-refractivity contribution in [2.75, 3.05) is 5.32 Å². The third-order valence-electron chi connectivity index (χ3n) is 6.34. The third kappa shape index (κ3) is 2.91. The van der Waals surface area contributed by atoms with E-state index in [1.54, 1.807) is 10.6 Å². The summed E-state index contributed by atoms with van der Waals surface area (Å²) >= 11 is 0. The molecule has 5 nitrogen and oxygen atoms in total. The fraction of sp³-hybridized carbons (Fsp3) is 0.409. The Kier molecular flexibility index (Phi) is 3.82. The molecule has 1 fully saturated rings. The lowest BCUT2D eigenvalue weighted by atomic mass is 9.97. The van der Waals surface area contributed by atoms with Gasteiger partial charge in [0.2, 0.25) is 0 Å². The number of halogens is 2. The standard InChI is InChI=1S/C22H22F2N4O/c1-13(14-4-3-5-17-15(14)6-7-22(17,23)24)27-20-16-11-28(21(2)8-9-21)19(29)10-18(16)25-12-26-20/h3-5,10-13H,6-9H2,1-2H3,(H,25,26,27)/t13-/m1/s1. The van der Waals surface area contributed by atoms with Gasteiger partial charge in [0.25, 0.3) is 11.5 Å². The van der Waals surface area contributed by atoms with Crippen LogP contribution in [-0.2, 0) is 17.9 Å². The van der Waals surface area contributed by atoms with Crippen LogP contribution in [0.25, 0.3) is 10.9 Å². The summed E-state index contributed by atoms with van der Waals surface area (Å²) in [4.78, 5) is 21.1. The summed E-state index contributed by atoms with van der Waals surface area (Å²) < 4.78 is 30.0. The lowest BCUT2D eigenvalue weighted by molar-refractivity contribution is -0.00184. The first-order valence-electron chi connectivity index (χ1n) is 9.93. The molecular formula is C22H22F2N4O. The predicted octanol–water partition coefficient (Wildman–Crippen LogP) is 4.51. The smallest absolute Gasteiger partial charge is 0.273 e. The average molecular weight is 396 g/mol. The number of hydrogen-bond donors (Lipinski definition) is 1. The van der Waals surface area contributed by atoms with Crippen LogP contribution in [0.5, 0.6) is 0 Å². The molecule has 5 rings (SSSR count). The molecule has 150 valence electrons. The minimum absolute atomic E-state index is 0.0710. The van der Waals surface area contributed by atoms with Crippen LogP contribution >= 0.6 is 0 Å². The van der Waals surface area contributed by atoms with Crippen molar-refractivity contribution in [2.24, 2.45) is 0 Å². The third-order valence-corrected chi connectivity index (χ3v) is 6.34. The van der Waals surface area contributed by atoms with Crippen LogP contribution in [0.2, 0.25) is 0 Å². The molecule has 3 aromatic rings. The van der Waals surface area contributed by atoms with Crippen LogP contribution < -0.4 is 10.9 Å². The van der Waals surface area contributed by atoms with Crippen molar-refractivity contribution in [1.29, 1.82) is 0 Å². The first-order chi connectivity index (χ1) is 13.8. The van der Waals surface area contributed by atoms with Gasteiger partial charge in [-0.2, -0.15) is 0 Å². The Balaban J connectivity index is 1.55. The maximum Gasteiger partial charge on any atom is 0.273 e. The molecule has 0 saturated heterocycles. The SMILES string of the molecule is C[C@@H](Nc1ncnc2cc(=O)n(C3(C)CC3)cc12)c1cccc2c1CCC2(F)F. The monoisotopic (exact) mass is 396 g/mol. The van der Waals surface area contributed by atoms with Crippen molar-refractivity contribution in [3.63, 3.8) is 0 Å². The Labute approximate surface area is 166 Å². The topological polar surface area (TPSA) is 59.8 Å². The Morgan fingerprint density at radius 3 is 2.76 bits per heavy atom. The van der Waals surface area contributed by atoms with E-state index >= 15 is 0 Å². The molecule has 0 bridgehead atoms. The summed E-state index contributed by atoms with van der Waals surface area (Å²) in [6.45, 7) is 4.01. The van der Waals surface area contributed by atoms with Crippen LogP contribution in [0.3, 0.4) is 0 Å².